The third kappa shape index (κ3) is 2.52. The number of benzene rings is 1. The average molecular weight is 232 g/mol. The molecule has 1 heterocycles. The van der Waals surface area contributed by atoms with Gasteiger partial charge in [-0.1, -0.05) is 30.3 Å². The van der Waals surface area contributed by atoms with Crippen LogP contribution in [0.5, 0.6) is 0 Å². The average Bonchev–Trinajstić information content (AvgIpc) is 2.66. The summed E-state index contributed by atoms with van der Waals surface area (Å²) in [6.07, 6.45) is 0.661. The Morgan fingerprint density at radius 1 is 1.12 bits per heavy atom. The molecule has 0 fully saturated rings. The molecule has 16 heavy (non-hydrogen) atoms. The van der Waals surface area contributed by atoms with E-state index in [1.807, 2.05) is 31.2 Å². The van der Waals surface area contributed by atoms with Gasteiger partial charge in [0.25, 0.3) is 0 Å². The van der Waals surface area contributed by atoms with Crippen LogP contribution in [0, 0.1) is 6.92 Å². The second kappa shape index (κ2) is 4.40. The predicted molar refractivity (Wildman–Crippen MR) is 68.8 cm³/mol. The van der Waals surface area contributed by atoms with E-state index in [-0.39, 0.29) is 0 Å². The molecule has 0 bridgehead atoms. The van der Waals surface area contributed by atoms with Crippen LogP contribution in [0.1, 0.15) is 22.2 Å². The van der Waals surface area contributed by atoms with Crippen molar-refractivity contribution >= 4 is 11.3 Å². The van der Waals surface area contributed by atoms with Crippen molar-refractivity contribution in [2.45, 2.75) is 25.9 Å². The maximum atomic E-state index is 10.5. The molecule has 0 spiro atoms. The molecule has 0 radical (unpaired) electrons. The van der Waals surface area contributed by atoms with Gasteiger partial charge in [0, 0.05) is 16.2 Å². The molecule has 0 saturated heterocycles. The molecule has 1 N–H and O–H groups in total. The summed E-state index contributed by atoms with van der Waals surface area (Å²) in [4.78, 5) is 2.28. The van der Waals surface area contributed by atoms with Crippen molar-refractivity contribution in [1.82, 2.24) is 0 Å². The molecule has 0 amide bonds. The van der Waals surface area contributed by atoms with Gasteiger partial charge in [0.15, 0.2) is 0 Å². The maximum absolute atomic E-state index is 10.5. The van der Waals surface area contributed by atoms with E-state index in [1.54, 1.807) is 11.3 Å². The lowest BCUT2D eigenvalue weighted by atomic mass is 9.95. The Labute approximate surface area is 100 Å². The van der Waals surface area contributed by atoms with E-state index < -0.39 is 5.60 Å². The molecule has 0 aliphatic rings. The molecule has 1 atom stereocenters. The topological polar surface area (TPSA) is 20.2 Å². The van der Waals surface area contributed by atoms with Gasteiger partial charge in [-0.25, -0.2) is 0 Å². The van der Waals surface area contributed by atoms with Crippen LogP contribution >= 0.6 is 11.3 Å². The van der Waals surface area contributed by atoms with E-state index in [4.69, 9.17) is 0 Å². The van der Waals surface area contributed by atoms with Gasteiger partial charge in [0.1, 0.15) is 0 Å². The number of aryl methyl sites for hydroxylation is 1. The molecule has 1 nitrogen and oxygen atoms in total. The third-order valence-corrected chi connectivity index (χ3v) is 3.92. The van der Waals surface area contributed by atoms with Crippen molar-refractivity contribution in [2.24, 2.45) is 0 Å². The first-order valence-corrected chi connectivity index (χ1v) is 6.23. The van der Waals surface area contributed by atoms with Crippen molar-refractivity contribution in [3.05, 3.63) is 57.8 Å². The summed E-state index contributed by atoms with van der Waals surface area (Å²) < 4.78 is 0. The first-order valence-electron chi connectivity index (χ1n) is 5.41. The lowest BCUT2D eigenvalue weighted by molar-refractivity contribution is 0.0615. The van der Waals surface area contributed by atoms with E-state index >= 15 is 0 Å². The Bertz CT molecular complexity index is 457. The van der Waals surface area contributed by atoms with Crippen LogP contribution in [0.4, 0.5) is 0 Å². The summed E-state index contributed by atoms with van der Waals surface area (Å²) in [6.45, 7) is 3.94. The maximum Gasteiger partial charge on any atom is 0.1000 e. The van der Waals surface area contributed by atoms with Gasteiger partial charge in [-0.15, -0.1) is 11.3 Å². The highest BCUT2D eigenvalue weighted by atomic mass is 32.1. The summed E-state index contributed by atoms with van der Waals surface area (Å²) in [5, 5.41) is 10.5. The second-order valence-corrected chi connectivity index (χ2v) is 5.63. The van der Waals surface area contributed by atoms with Crippen LogP contribution in [0.15, 0.2) is 42.5 Å². The van der Waals surface area contributed by atoms with Gasteiger partial charge in [-0.3, -0.25) is 0 Å². The van der Waals surface area contributed by atoms with Crippen molar-refractivity contribution in [2.75, 3.05) is 0 Å². The van der Waals surface area contributed by atoms with Gasteiger partial charge in [0.05, 0.1) is 5.60 Å². The Balaban J connectivity index is 2.20. The largest absolute Gasteiger partial charge is 0.384 e. The molecule has 1 unspecified atom stereocenters. The van der Waals surface area contributed by atoms with E-state index in [1.165, 1.54) is 10.4 Å². The predicted octanol–water partition coefficient (Wildman–Crippen LogP) is 3.51. The SMILES string of the molecule is Cc1ccc(C(C)(O)Cc2ccccc2)s1. The molecule has 2 aromatic rings. The Hall–Kier alpha value is -1.12. The Kier molecular flexibility index (Phi) is 3.13. The van der Waals surface area contributed by atoms with Crippen molar-refractivity contribution in [1.29, 1.82) is 0 Å². The van der Waals surface area contributed by atoms with Crippen LogP contribution in [-0.2, 0) is 12.0 Å². The van der Waals surface area contributed by atoms with Crippen LogP contribution in [0.3, 0.4) is 0 Å². The molecule has 1 aromatic heterocycles. The molecule has 2 rings (SSSR count). The number of thiophene rings is 1. The van der Waals surface area contributed by atoms with Gasteiger partial charge >= 0.3 is 0 Å². The first-order chi connectivity index (χ1) is 7.58. The highest BCUT2D eigenvalue weighted by molar-refractivity contribution is 7.12. The molecular weight excluding hydrogens is 216 g/mol. The quantitative estimate of drug-likeness (QED) is 0.858. The van der Waals surface area contributed by atoms with Gasteiger partial charge in [-0.2, -0.15) is 0 Å². The molecule has 1 aromatic carbocycles. The Morgan fingerprint density at radius 3 is 2.38 bits per heavy atom. The highest BCUT2D eigenvalue weighted by Gasteiger charge is 2.24. The lowest BCUT2D eigenvalue weighted by Gasteiger charge is -2.21. The fourth-order valence-electron chi connectivity index (χ4n) is 1.80. The van der Waals surface area contributed by atoms with Crippen LogP contribution in [-0.4, -0.2) is 5.11 Å². The third-order valence-electron chi connectivity index (χ3n) is 2.66. The van der Waals surface area contributed by atoms with E-state index in [0.29, 0.717) is 6.42 Å². The van der Waals surface area contributed by atoms with Gasteiger partial charge < -0.3 is 5.11 Å². The summed E-state index contributed by atoms with van der Waals surface area (Å²) in [7, 11) is 0. The normalized spacial score (nSPS) is 14.7. The summed E-state index contributed by atoms with van der Waals surface area (Å²) in [6, 6.07) is 14.2. The second-order valence-electron chi connectivity index (χ2n) is 4.35. The minimum Gasteiger partial charge on any atom is -0.384 e. The van der Waals surface area contributed by atoms with E-state index in [2.05, 4.69) is 25.1 Å². The number of hydrogen-bond acceptors (Lipinski definition) is 2. The molecule has 0 saturated carbocycles. The molecular formula is C14H16OS. The molecule has 84 valence electrons. The molecule has 2 heteroatoms. The van der Waals surface area contributed by atoms with Crippen LogP contribution < -0.4 is 0 Å². The fourth-order valence-corrected chi connectivity index (χ4v) is 2.72. The molecule has 0 aliphatic carbocycles. The van der Waals surface area contributed by atoms with Crippen molar-refractivity contribution in [3.8, 4) is 0 Å². The van der Waals surface area contributed by atoms with E-state index in [0.717, 1.165) is 4.88 Å². The summed E-state index contributed by atoms with van der Waals surface area (Å²) >= 11 is 1.66. The fraction of sp³-hybridized carbons (Fsp3) is 0.286. The standard InChI is InChI=1S/C14H16OS/c1-11-8-9-13(16-11)14(2,15)10-12-6-4-3-5-7-12/h3-9,15H,10H2,1-2H3. The molecule has 0 aliphatic heterocycles. The smallest absolute Gasteiger partial charge is 0.1000 e. The van der Waals surface area contributed by atoms with Crippen molar-refractivity contribution < 1.29 is 5.11 Å². The van der Waals surface area contributed by atoms with Gasteiger partial charge in [0.2, 0.25) is 0 Å². The van der Waals surface area contributed by atoms with Crippen molar-refractivity contribution in [3.63, 3.8) is 0 Å². The monoisotopic (exact) mass is 232 g/mol. The minimum absolute atomic E-state index is 0.661. The zero-order chi connectivity index (χ0) is 11.6. The minimum atomic E-state index is -0.764. The number of hydrogen-bond donors (Lipinski definition) is 1. The summed E-state index contributed by atoms with van der Waals surface area (Å²) in [5.74, 6) is 0. The zero-order valence-electron chi connectivity index (χ0n) is 9.60. The Morgan fingerprint density at radius 2 is 1.81 bits per heavy atom. The van der Waals surface area contributed by atoms with Crippen LogP contribution in [0.2, 0.25) is 0 Å². The zero-order valence-corrected chi connectivity index (χ0v) is 10.4. The first kappa shape index (κ1) is 11.4. The van der Waals surface area contributed by atoms with E-state index in [9.17, 15) is 5.11 Å². The number of aliphatic hydroxyl groups is 1. The van der Waals surface area contributed by atoms with Gasteiger partial charge in [-0.05, 0) is 31.5 Å². The summed E-state index contributed by atoms with van der Waals surface area (Å²) in [5.41, 5.74) is 0.402. The highest BCUT2D eigenvalue weighted by Crippen LogP contribution is 2.30. The lowest BCUT2D eigenvalue weighted by Crippen LogP contribution is -2.22. The number of rotatable bonds is 3. The van der Waals surface area contributed by atoms with Crippen LogP contribution in [0.25, 0.3) is 0 Å².